The SMILES string of the molecule is O=C(Cc1csc(-c2ccccc2)n1)N1CCC(c2nc3cc(Cl)ccc3s2)CC1. The Labute approximate surface area is 188 Å². The standard InChI is InChI=1S/C23H20ClN3OS2/c24-17-6-7-20-19(12-17)26-23(30-20)16-8-10-27(11-9-16)21(28)13-18-14-29-22(25-18)15-4-2-1-3-5-15/h1-7,12,14,16H,8-11,13H2. The molecule has 1 aliphatic rings. The molecule has 1 fully saturated rings. The van der Waals surface area contributed by atoms with E-state index in [-0.39, 0.29) is 5.91 Å². The van der Waals surface area contributed by atoms with E-state index in [2.05, 4.69) is 4.98 Å². The summed E-state index contributed by atoms with van der Waals surface area (Å²) in [5.74, 6) is 0.573. The molecule has 4 aromatic rings. The molecule has 0 bridgehead atoms. The predicted octanol–water partition coefficient (Wildman–Crippen LogP) is 6.02. The van der Waals surface area contributed by atoms with Crippen LogP contribution in [-0.2, 0) is 11.2 Å². The molecule has 0 saturated carbocycles. The maximum Gasteiger partial charge on any atom is 0.228 e. The van der Waals surface area contributed by atoms with Gasteiger partial charge in [0.2, 0.25) is 5.91 Å². The highest BCUT2D eigenvalue weighted by molar-refractivity contribution is 7.18. The summed E-state index contributed by atoms with van der Waals surface area (Å²) in [7, 11) is 0. The number of rotatable bonds is 4. The Morgan fingerprint density at radius 1 is 1.10 bits per heavy atom. The van der Waals surface area contributed by atoms with Crippen LogP contribution in [0.3, 0.4) is 0 Å². The van der Waals surface area contributed by atoms with Crippen molar-refractivity contribution in [2.45, 2.75) is 25.2 Å². The lowest BCUT2D eigenvalue weighted by atomic mass is 9.97. The topological polar surface area (TPSA) is 46.1 Å². The van der Waals surface area contributed by atoms with Crippen molar-refractivity contribution in [2.24, 2.45) is 0 Å². The summed E-state index contributed by atoms with van der Waals surface area (Å²) in [5, 5.41) is 4.84. The summed E-state index contributed by atoms with van der Waals surface area (Å²) in [6.07, 6.45) is 2.27. The third-order valence-electron chi connectivity index (χ3n) is 5.47. The zero-order valence-electron chi connectivity index (χ0n) is 16.3. The number of carbonyl (C=O) groups excluding carboxylic acids is 1. The van der Waals surface area contributed by atoms with Crippen LogP contribution in [0.25, 0.3) is 20.8 Å². The maximum absolute atomic E-state index is 12.8. The molecule has 152 valence electrons. The van der Waals surface area contributed by atoms with Crippen LogP contribution >= 0.6 is 34.3 Å². The van der Waals surface area contributed by atoms with Crippen molar-refractivity contribution in [2.75, 3.05) is 13.1 Å². The van der Waals surface area contributed by atoms with E-state index in [1.165, 1.54) is 4.70 Å². The van der Waals surface area contributed by atoms with E-state index in [1.807, 2.05) is 58.8 Å². The molecule has 1 amide bonds. The Morgan fingerprint density at radius 3 is 2.70 bits per heavy atom. The minimum atomic E-state index is 0.162. The molecule has 0 N–H and O–H groups in total. The highest BCUT2D eigenvalue weighted by Crippen LogP contribution is 2.35. The molecule has 0 aliphatic carbocycles. The minimum absolute atomic E-state index is 0.162. The molecule has 1 saturated heterocycles. The first kappa shape index (κ1) is 19.7. The van der Waals surface area contributed by atoms with Gasteiger partial charge in [-0.05, 0) is 31.0 Å². The first-order valence-electron chi connectivity index (χ1n) is 9.99. The van der Waals surface area contributed by atoms with Crippen molar-refractivity contribution in [1.29, 1.82) is 0 Å². The molecular weight excluding hydrogens is 434 g/mol. The van der Waals surface area contributed by atoms with Gasteiger partial charge < -0.3 is 4.90 Å². The lowest BCUT2D eigenvalue weighted by Gasteiger charge is -2.31. The van der Waals surface area contributed by atoms with Gasteiger partial charge in [0.15, 0.2) is 0 Å². The number of thiazole rings is 2. The second-order valence-corrected chi connectivity index (χ2v) is 9.86. The summed E-state index contributed by atoms with van der Waals surface area (Å²) < 4.78 is 1.17. The number of amides is 1. The largest absolute Gasteiger partial charge is 0.342 e. The Kier molecular flexibility index (Phi) is 5.54. The Balaban J connectivity index is 1.20. The predicted molar refractivity (Wildman–Crippen MR) is 124 cm³/mol. The number of hydrogen-bond donors (Lipinski definition) is 0. The molecule has 4 nitrogen and oxygen atoms in total. The van der Waals surface area contributed by atoms with Crippen LogP contribution in [0.5, 0.6) is 0 Å². The smallest absolute Gasteiger partial charge is 0.228 e. The summed E-state index contributed by atoms with van der Waals surface area (Å²) >= 11 is 9.42. The lowest BCUT2D eigenvalue weighted by Crippen LogP contribution is -2.38. The molecule has 2 aromatic carbocycles. The Bertz CT molecular complexity index is 1180. The van der Waals surface area contributed by atoms with Crippen LogP contribution in [0.15, 0.2) is 53.9 Å². The van der Waals surface area contributed by atoms with Crippen LogP contribution < -0.4 is 0 Å². The molecule has 7 heteroatoms. The fourth-order valence-electron chi connectivity index (χ4n) is 3.84. The van der Waals surface area contributed by atoms with Gasteiger partial charge in [-0.25, -0.2) is 9.97 Å². The molecule has 0 spiro atoms. The number of aromatic nitrogens is 2. The van der Waals surface area contributed by atoms with Gasteiger partial charge in [-0.1, -0.05) is 41.9 Å². The molecule has 0 radical (unpaired) electrons. The van der Waals surface area contributed by atoms with Crippen LogP contribution in [-0.4, -0.2) is 33.9 Å². The molecular formula is C23H20ClN3OS2. The molecule has 1 aliphatic heterocycles. The number of hydrogen-bond acceptors (Lipinski definition) is 5. The third kappa shape index (κ3) is 4.13. The van der Waals surface area contributed by atoms with Gasteiger partial charge in [-0.15, -0.1) is 22.7 Å². The summed E-state index contributed by atoms with van der Waals surface area (Å²) in [5.41, 5.74) is 2.92. The second kappa shape index (κ2) is 8.46. The van der Waals surface area contributed by atoms with Crippen molar-refractivity contribution in [3.05, 3.63) is 69.6 Å². The van der Waals surface area contributed by atoms with Crippen molar-refractivity contribution in [3.8, 4) is 10.6 Å². The van der Waals surface area contributed by atoms with Gasteiger partial charge in [-0.3, -0.25) is 4.79 Å². The zero-order valence-corrected chi connectivity index (χ0v) is 18.6. The van der Waals surface area contributed by atoms with E-state index in [1.54, 1.807) is 22.7 Å². The highest BCUT2D eigenvalue weighted by Gasteiger charge is 2.26. The molecule has 5 rings (SSSR count). The number of likely N-dealkylation sites (tertiary alicyclic amines) is 1. The van der Waals surface area contributed by atoms with E-state index in [0.29, 0.717) is 12.3 Å². The van der Waals surface area contributed by atoms with E-state index in [9.17, 15) is 4.79 Å². The minimum Gasteiger partial charge on any atom is -0.342 e. The summed E-state index contributed by atoms with van der Waals surface area (Å²) in [6.45, 7) is 1.55. The first-order valence-corrected chi connectivity index (χ1v) is 12.1. The van der Waals surface area contributed by atoms with Gasteiger partial charge >= 0.3 is 0 Å². The second-order valence-electron chi connectivity index (χ2n) is 7.51. The van der Waals surface area contributed by atoms with Crippen molar-refractivity contribution in [1.82, 2.24) is 14.9 Å². The van der Waals surface area contributed by atoms with Gasteiger partial charge in [0, 0.05) is 35.0 Å². The van der Waals surface area contributed by atoms with Gasteiger partial charge in [0.1, 0.15) is 5.01 Å². The number of piperidine rings is 1. The maximum atomic E-state index is 12.8. The van der Waals surface area contributed by atoms with Crippen molar-refractivity contribution >= 4 is 50.4 Å². The number of fused-ring (bicyclic) bond motifs is 1. The number of nitrogens with zero attached hydrogens (tertiary/aromatic N) is 3. The lowest BCUT2D eigenvalue weighted by molar-refractivity contribution is -0.131. The van der Waals surface area contributed by atoms with E-state index < -0.39 is 0 Å². The normalized spacial score (nSPS) is 15.0. The average molecular weight is 454 g/mol. The molecule has 30 heavy (non-hydrogen) atoms. The van der Waals surface area contributed by atoms with Gasteiger partial charge in [-0.2, -0.15) is 0 Å². The van der Waals surface area contributed by atoms with E-state index in [4.69, 9.17) is 16.6 Å². The van der Waals surface area contributed by atoms with E-state index in [0.717, 1.165) is 57.7 Å². The van der Waals surface area contributed by atoms with Crippen molar-refractivity contribution < 1.29 is 4.79 Å². The summed E-state index contributed by atoms with van der Waals surface area (Å²) in [4.78, 5) is 24.2. The number of benzene rings is 2. The molecule has 2 aromatic heterocycles. The van der Waals surface area contributed by atoms with Crippen LogP contribution in [0, 0.1) is 0 Å². The fourth-order valence-corrected chi connectivity index (χ4v) is 5.95. The quantitative estimate of drug-likeness (QED) is 0.379. The Hall–Kier alpha value is -2.28. The first-order chi connectivity index (χ1) is 14.7. The zero-order chi connectivity index (χ0) is 20.5. The molecule has 3 heterocycles. The monoisotopic (exact) mass is 453 g/mol. The van der Waals surface area contributed by atoms with Crippen LogP contribution in [0.4, 0.5) is 0 Å². The van der Waals surface area contributed by atoms with Crippen LogP contribution in [0.2, 0.25) is 5.02 Å². The average Bonchev–Trinajstić information content (AvgIpc) is 3.41. The highest BCUT2D eigenvalue weighted by atomic mass is 35.5. The van der Waals surface area contributed by atoms with Crippen LogP contribution in [0.1, 0.15) is 29.5 Å². The number of carbonyl (C=O) groups is 1. The van der Waals surface area contributed by atoms with Gasteiger partial charge in [0.25, 0.3) is 0 Å². The third-order valence-corrected chi connectivity index (χ3v) is 7.84. The van der Waals surface area contributed by atoms with Gasteiger partial charge in [0.05, 0.1) is 27.3 Å². The van der Waals surface area contributed by atoms with E-state index >= 15 is 0 Å². The van der Waals surface area contributed by atoms with Crippen molar-refractivity contribution in [3.63, 3.8) is 0 Å². The summed E-state index contributed by atoms with van der Waals surface area (Å²) in [6, 6.07) is 16.0. The molecule has 0 atom stereocenters. The molecule has 0 unspecified atom stereocenters. The number of halogens is 1. The Morgan fingerprint density at radius 2 is 1.90 bits per heavy atom. The fraction of sp³-hybridized carbons (Fsp3) is 0.261.